The van der Waals surface area contributed by atoms with Crippen LogP contribution in [0.2, 0.25) is 0 Å². The molecule has 112 valence electrons. The van der Waals surface area contributed by atoms with Gasteiger partial charge in [-0.25, -0.2) is 13.1 Å². The van der Waals surface area contributed by atoms with Crippen LogP contribution in [-0.2, 0) is 15.8 Å². The fourth-order valence-corrected chi connectivity index (χ4v) is 4.26. The van der Waals surface area contributed by atoms with Crippen molar-refractivity contribution in [1.82, 2.24) is 9.62 Å². The third kappa shape index (κ3) is 4.97. The lowest BCUT2D eigenvalue weighted by Gasteiger charge is -2.25. The van der Waals surface area contributed by atoms with Crippen LogP contribution in [0.15, 0.2) is 24.3 Å². The number of hydrogen-bond acceptors (Lipinski definition) is 5. The van der Waals surface area contributed by atoms with E-state index in [1.165, 1.54) is 0 Å². The van der Waals surface area contributed by atoms with Gasteiger partial charge in [0, 0.05) is 43.4 Å². The van der Waals surface area contributed by atoms with Gasteiger partial charge in [-0.2, -0.15) is 11.8 Å². The summed E-state index contributed by atoms with van der Waals surface area (Å²) in [5, 5.41) is 0. The molecular weight excluding hydrogens is 294 g/mol. The number of nitrogens with one attached hydrogen (secondary N) is 1. The van der Waals surface area contributed by atoms with Crippen molar-refractivity contribution in [3.8, 4) is 0 Å². The monoisotopic (exact) mass is 315 g/mol. The van der Waals surface area contributed by atoms with Crippen LogP contribution in [-0.4, -0.2) is 51.0 Å². The van der Waals surface area contributed by atoms with Gasteiger partial charge in [0.1, 0.15) is 0 Å². The molecule has 20 heavy (non-hydrogen) atoms. The lowest BCUT2D eigenvalue weighted by Crippen LogP contribution is -2.39. The number of anilines is 1. The highest BCUT2D eigenvalue weighted by Gasteiger charge is 2.14. The molecule has 0 aromatic heterocycles. The second kappa shape index (κ2) is 7.31. The van der Waals surface area contributed by atoms with Gasteiger partial charge in [-0.1, -0.05) is 18.2 Å². The maximum Gasteiger partial charge on any atom is 0.215 e. The van der Waals surface area contributed by atoms with E-state index < -0.39 is 10.0 Å². The third-order valence-electron chi connectivity index (χ3n) is 3.25. The molecule has 0 radical (unpaired) electrons. The number of benzene rings is 1. The fourth-order valence-electron chi connectivity index (χ4n) is 2.11. The van der Waals surface area contributed by atoms with Crippen LogP contribution in [0.3, 0.4) is 0 Å². The van der Waals surface area contributed by atoms with E-state index in [-0.39, 0.29) is 5.75 Å². The van der Waals surface area contributed by atoms with Crippen LogP contribution in [0.5, 0.6) is 0 Å². The van der Waals surface area contributed by atoms with Crippen LogP contribution >= 0.6 is 11.8 Å². The topological polar surface area (TPSA) is 75.4 Å². The van der Waals surface area contributed by atoms with E-state index in [0.29, 0.717) is 17.8 Å². The number of nitrogens with zero attached hydrogens (tertiary/aromatic N) is 1. The van der Waals surface area contributed by atoms with Gasteiger partial charge in [0.2, 0.25) is 10.0 Å². The highest BCUT2D eigenvalue weighted by Crippen LogP contribution is 2.13. The average Bonchev–Trinajstić information content (AvgIpc) is 2.42. The van der Waals surface area contributed by atoms with E-state index in [0.717, 1.165) is 31.1 Å². The lowest BCUT2D eigenvalue weighted by molar-refractivity contribution is 0.307. The molecule has 0 spiro atoms. The number of thioether (sulfide) groups is 1. The molecule has 2 rings (SSSR count). The summed E-state index contributed by atoms with van der Waals surface area (Å²) >= 11 is 1.95. The first-order valence-electron chi connectivity index (χ1n) is 6.68. The Kier molecular flexibility index (Phi) is 5.71. The molecule has 0 bridgehead atoms. The van der Waals surface area contributed by atoms with Gasteiger partial charge in [-0.3, -0.25) is 0 Å². The van der Waals surface area contributed by atoms with E-state index in [1.54, 1.807) is 24.3 Å². The zero-order valence-corrected chi connectivity index (χ0v) is 13.0. The Hall–Kier alpha value is -0.760. The summed E-state index contributed by atoms with van der Waals surface area (Å²) in [6, 6.07) is 7.06. The molecule has 0 saturated carbocycles. The van der Waals surface area contributed by atoms with Crippen LogP contribution in [0, 0.1) is 0 Å². The minimum atomic E-state index is -3.32. The zero-order chi connectivity index (χ0) is 14.4. The average molecular weight is 315 g/mol. The van der Waals surface area contributed by atoms with Crippen molar-refractivity contribution in [1.29, 1.82) is 0 Å². The number of sulfonamides is 1. The Morgan fingerprint density at radius 1 is 1.25 bits per heavy atom. The third-order valence-corrected chi connectivity index (χ3v) is 5.53. The largest absolute Gasteiger partial charge is 0.398 e. The summed E-state index contributed by atoms with van der Waals surface area (Å²) in [5.41, 5.74) is 6.94. The van der Waals surface area contributed by atoms with Crippen molar-refractivity contribution < 1.29 is 8.42 Å². The molecule has 1 fully saturated rings. The standard InChI is InChI=1S/C13H21N3O2S2/c14-13-4-2-1-3-12(13)11-20(17,18)15-5-6-16-7-9-19-10-8-16/h1-4,15H,5-11,14H2. The second-order valence-electron chi connectivity index (χ2n) is 4.81. The van der Waals surface area contributed by atoms with Crippen molar-refractivity contribution in [2.24, 2.45) is 0 Å². The molecule has 0 atom stereocenters. The molecular formula is C13H21N3O2S2. The Balaban J connectivity index is 1.80. The Bertz CT molecular complexity index is 528. The Morgan fingerprint density at radius 3 is 2.65 bits per heavy atom. The summed E-state index contributed by atoms with van der Waals surface area (Å²) in [5.74, 6) is 2.20. The number of hydrogen-bond donors (Lipinski definition) is 2. The first-order valence-corrected chi connectivity index (χ1v) is 9.48. The SMILES string of the molecule is Nc1ccccc1CS(=O)(=O)NCCN1CCSCC1. The predicted octanol–water partition coefficient (Wildman–Crippen LogP) is 0.737. The van der Waals surface area contributed by atoms with Crippen molar-refractivity contribution in [3.63, 3.8) is 0 Å². The molecule has 0 unspecified atom stereocenters. The number of nitrogen functional groups attached to an aromatic ring is 1. The summed E-state index contributed by atoms with van der Waals surface area (Å²) in [7, 11) is -3.32. The summed E-state index contributed by atoms with van der Waals surface area (Å²) in [4.78, 5) is 2.29. The minimum absolute atomic E-state index is 0.0600. The summed E-state index contributed by atoms with van der Waals surface area (Å²) in [6.07, 6.45) is 0. The van der Waals surface area contributed by atoms with Gasteiger partial charge in [0.05, 0.1) is 5.75 Å². The van der Waals surface area contributed by atoms with Gasteiger partial charge in [0.15, 0.2) is 0 Å². The molecule has 1 aliphatic rings. The fraction of sp³-hybridized carbons (Fsp3) is 0.538. The first-order chi connectivity index (χ1) is 9.57. The Labute approximate surface area is 125 Å². The highest BCUT2D eigenvalue weighted by molar-refractivity contribution is 7.99. The molecule has 7 heteroatoms. The van der Waals surface area contributed by atoms with Gasteiger partial charge < -0.3 is 10.6 Å². The van der Waals surface area contributed by atoms with Gasteiger partial charge in [0.25, 0.3) is 0 Å². The highest BCUT2D eigenvalue weighted by atomic mass is 32.2. The van der Waals surface area contributed by atoms with Crippen molar-refractivity contribution in [2.75, 3.05) is 43.4 Å². The smallest absolute Gasteiger partial charge is 0.215 e. The molecule has 1 heterocycles. The second-order valence-corrected chi connectivity index (χ2v) is 7.84. The molecule has 5 nitrogen and oxygen atoms in total. The van der Waals surface area contributed by atoms with Crippen LogP contribution in [0.4, 0.5) is 5.69 Å². The van der Waals surface area contributed by atoms with Gasteiger partial charge in [-0.15, -0.1) is 0 Å². The van der Waals surface area contributed by atoms with E-state index in [4.69, 9.17) is 5.73 Å². The quantitative estimate of drug-likeness (QED) is 0.757. The van der Waals surface area contributed by atoms with E-state index in [9.17, 15) is 8.42 Å². The molecule has 1 aromatic rings. The van der Waals surface area contributed by atoms with Crippen molar-refractivity contribution >= 4 is 27.5 Å². The van der Waals surface area contributed by atoms with Crippen LogP contribution < -0.4 is 10.5 Å². The van der Waals surface area contributed by atoms with E-state index in [1.807, 2.05) is 11.8 Å². The number of para-hydroxylation sites is 1. The molecule has 0 aliphatic carbocycles. The molecule has 1 aliphatic heterocycles. The Morgan fingerprint density at radius 2 is 1.95 bits per heavy atom. The van der Waals surface area contributed by atoms with Crippen LogP contribution in [0.25, 0.3) is 0 Å². The van der Waals surface area contributed by atoms with Crippen molar-refractivity contribution in [3.05, 3.63) is 29.8 Å². The maximum absolute atomic E-state index is 12.0. The molecule has 3 N–H and O–H groups in total. The van der Waals surface area contributed by atoms with E-state index >= 15 is 0 Å². The maximum atomic E-state index is 12.0. The lowest BCUT2D eigenvalue weighted by atomic mass is 10.2. The predicted molar refractivity (Wildman–Crippen MR) is 85.2 cm³/mol. The van der Waals surface area contributed by atoms with Gasteiger partial charge >= 0.3 is 0 Å². The molecule has 1 aromatic carbocycles. The summed E-state index contributed by atoms with van der Waals surface area (Å²) < 4.78 is 26.7. The van der Waals surface area contributed by atoms with E-state index in [2.05, 4.69) is 9.62 Å². The number of nitrogens with two attached hydrogens (primary N) is 1. The zero-order valence-electron chi connectivity index (χ0n) is 11.4. The normalized spacial score (nSPS) is 17.2. The first kappa shape index (κ1) is 15.6. The minimum Gasteiger partial charge on any atom is -0.398 e. The van der Waals surface area contributed by atoms with Crippen molar-refractivity contribution in [2.45, 2.75) is 5.75 Å². The summed E-state index contributed by atoms with van der Waals surface area (Å²) in [6.45, 7) is 3.31. The van der Waals surface area contributed by atoms with Gasteiger partial charge in [-0.05, 0) is 11.6 Å². The van der Waals surface area contributed by atoms with Crippen LogP contribution in [0.1, 0.15) is 5.56 Å². The molecule has 1 saturated heterocycles. The number of rotatable bonds is 6. The molecule has 0 amide bonds.